The molecule has 0 radical (unpaired) electrons. The lowest BCUT2D eigenvalue weighted by molar-refractivity contribution is -0.127. The topological polar surface area (TPSA) is 105 Å². The van der Waals surface area contributed by atoms with Gasteiger partial charge in [-0.1, -0.05) is 30.3 Å². The van der Waals surface area contributed by atoms with Gasteiger partial charge in [0.15, 0.2) is 6.33 Å². The smallest absolute Gasteiger partial charge is 0.244 e. The van der Waals surface area contributed by atoms with Crippen molar-refractivity contribution in [1.82, 2.24) is 35.7 Å². The molecule has 1 heterocycles. The molecule has 0 bridgehead atoms. The highest BCUT2D eigenvalue weighted by atomic mass is 16.2. The number of tetrazole rings is 1. The highest BCUT2D eigenvalue weighted by molar-refractivity contribution is 5.83. The van der Waals surface area contributed by atoms with Crippen molar-refractivity contribution in [2.45, 2.75) is 32.0 Å². The summed E-state index contributed by atoms with van der Waals surface area (Å²) in [7, 11) is 3.71. The maximum Gasteiger partial charge on any atom is 0.244 e. The molecule has 140 valence electrons. The quantitative estimate of drug-likeness (QED) is 0.687. The molecule has 0 saturated heterocycles. The fourth-order valence-electron chi connectivity index (χ4n) is 2.57. The molecule has 2 N–H and O–H groups in total. The van der Waals surface area contributed by atoms with E-state index in [2.05, 4.69) is 26.0 Å². The van der Waals surface area contributed by atoms with Crippen LogP contribution in [0.5, 0.6) is 0 Å². The molecule has 1 atom stereocenters. The Hall–Kier alpha value is -2.81. The predicted molar refractivity (Wildman–Crippen MR) is 95.9 cm³/mol. The van der Waals surface area contributed by atoms with Gasteiger partial charge in [-0.25, -0.2) is 0 Å². The second kappa shape index (κ2) is 8.52. The number of carbonyl (C=O) groups excluding carboxylic acids is 2. The third-order valence-corrected chi connectivity index (χ3v) is 3.74. The molecule has 0 aliphatic heterocycles. The van der Waals surface area contributed by atoms with Crippen LogP contribution in [0.25, 0.3) is 0 Å². The predicted octanol–water partition coefficient (Wildman–Crippen LogP) is -0.0130. The molecule has 26 heavy (non-hydrogen) atoms. The van der Waals surface area contributed by atoms with Crippen LogP contribution in [0, 0.1) is 0 Å². The van der Waals surface area contributed by atoms with Gasteiger partial charge in [0.2, 0.25) is 11.8 Å². The Labute approximate surface area is 152 Å². The van der Waals surface area contributed by atoms with Crippen molar-refractivity contribution in [3.8, 4) is 0 Å². The zero-order valence-electron chi connectivity index (χ0n) is 15.5. The Balaban J connectivity index is 1.92. The van der Waals surface area contributed by atoms with Crippen LogP contribution in [0.15, 0.2) is 36.7 Å². The Bertz CT molecular complexity index is 714. The zero-order valence-corrected chi connectivity index (χ0v) is 15.5. The first-order valence-corrected chi connectivity index (χ1v) is 8.29. The molecule has 0 fully saturated rings. The molecular formula is C17H25N7O2. The molecule has 9 nitrogen and oxygen atoms in total. The summed E-state index contributed by atoms with van der Waals surface area (Å²) < 4.78 is 0. The van der Waals surface area contributed by atoms with Crippen molar-refractivity contribution < 1.29 is 9.59 Å². The van der Waals surface area contributed by atoms with Gasteiger partial charge in [-0.3, -0.25) is 14.5 Å². The molecule has 1 aromatic heterocycles. The van der Waals surface area contributed by atoms with E-state index in [1.807, 2.05) is 63.2 Å². The van der Waals surface area contributed by atoms with Gasteiger partial charge in [-0.05, 0) is 38.7 Å². The van der Waals surface area contributed by atoms with E-state index >= 15 is 0 Å². The average molecular weight is 359 g/mol. The molecule has 0 spiro atoms. The third kappa shape index (κ3) is 5.62. The highest BCUT2D eigenvalue weighted by Gasteiger charge is 2.26. The van der Waals surface area contributed by atoms with Crippen LogP contribution < -0.4 is 10.6 Å². The van der Waals surface area contributed by atoms with Gasteiger partial charge in [0, 0.05) is 6.54 Å². The molecule has 9 heteroatoms. The summed E-state index contributed by atoms with van der Waals surface area (Å²) in [5.74, 6) is -0.379. The Morgan fingerprint density at radius 2 is 1.92 bits per heavy atom. The van der Waals surface area contributed by atoms with Crippen LogP contribution in [-0.4, -0.2) is 63.1 Å². The molecular weight excluding hydrogens is 334 g/mol. The van der Waals surface area contributed by atoms with Crippen molar-refractivity contribution in [2.75, 3.05) is 20.6 Å². The summed E-state index contributed by atoms with van der Waals surface area (Å²) in [5.41, 5.74) is 0.287. The Morgan fingerprint density at radius 1 is 1.23 bits per heavy atom. The highest BCUT2D eigenvalue weighted by Crippen LogP contribution is 2.18. The van der Waals surface area contributed by atoms with E-state index in [0.717, 1.165) is 5.56 Å². The van der Waals surface area contributed by atoms with Crippen LogP contribution in [0.1, 0.15) is 25.5 Å². The van der Waals surface area contributed by atoms with Crippen molar-refractivity contribution in [3.05, 3.63) is 42.2 Å². The van der Waals surface area contributed by atoms with Gasteiger partial charge >= 0.3 is 0 Å². The summed E-state index contributed by atoms with van der Waals surface area (Å²) in [4.78, 5) is 27.8. The number of aromatic nitrogens is 4. The van der Waals surface area contributed by atoms with Gasteiger partial charge in [-0.15, -0.1) is 10.2 Å². The van der Waals surface area contributed by atoms with Gasteiger partial charge < -0.3 is 10.6 Å². The number of carbonyl (C=O) groups is 2. The summed E-state index contributed by atoms with van der Waals surface area (Å²) in [5, 5.41) is 16.8. The molecule has 0 aliphatic carbocycles. The van der Waals surface area contributed by atoms with Crippen molar-refractivity contribution in [3.63, 3.8) is 0 Å². The number of likely N-dealkylation sites (N-methyl/N-ethyl adjacent to an activating group) is 1. The minimum absolute atomic E-state index is 0.0261. The number of benzene rings is 1. The van der Waals surface area contributed by atoms with Gasteiger partial charge in [0.25, 0.3) is 0 Å². The normalized spacial score (nSPS) is 12.7. The summed E-state index contributed by atoms with van der Waals surface area (Å²) in [6.45, 7) is 3.95. The van der Waals surface area contributed by atoms with E-state index in [1.54, 1.807) is 0 Å². The van der Waals surface area contributed by atoms with Crippen molar-refractivity contribution >= 4 is 11.8 Å². The molecule has 0 aliphatic rings. The minimum Gasteiger partial charge on any atom is -0.352 e. The van der Waals surface area contributed by atoms with Crippen LogP contribution in [0.4, 0.5) is 0 Å². The van der Waals surface area contributed by atoms with E-state index in [9.17, 15) is 9.59 Å². The third-order valence-electron chi connectivity index (χ3n) is 3.74. The van der Waals surface area contributed by atoms with Crippen molar-refractivity contribution in [2.24, 2.45) is 0 Å². The average Bonchev–Trinajstić information content (AvgIpc) is 3.06. The second-order valence-electron chi connectivity index (χ2n) is 6.89. The molecule has 0 saturated carbocycles. The number of rotatable bonds is 8. The van der Waals surface area contributed by atoms with Gasteiger partial charge in [-0.2, -0.15) is 4.80 Å². The van der Waals surface area contributed by atoms with Gasteiger partial charge in [0.1, 0.15) is 12.6 Å². The van der Waals surface area contributed by atoms with E-state index in [1.165, 1.54) is 11.1 Å². The molecule has 2 amide bonds. The van der Waals surface area contributed by atoms with E-state index in [4.69, 9.17) is 0 Å². The maximum atomic E-state index is 12.7. The Kier molecular flexibility index (Phi) is 6.40. The molecule has 2 aromatic rings. The number of nitrogens with one attached hydrogen (secondary N) is 2. The number of hydrogen-bond donors (Lipinski definition) is 2. The fourth-order valence-corrected chi connectivity index (χ4v) is 2.57. The monoisotopic (exact) mass is 359 g/mol. The first-order chi connectivity index (χ1) is 12.3. The lowest BCUT2D eigenvalue weighted by Crippen LogP contribution is -2.53. The van der Waals surface area contributed by atoms with Crippen LogP contribution in [0.2, 0.25) is 0 Å². The maximum absolute atomic E-state index is 12.7. The lowest BCUT2D eigenvalue weighted by Gasteiger charge is -2.29. The fraction of sp³-hybridized carbons (Fsp3) is 0.471. The first kappa shape index (κ1) is 19.5. The van der Waals surface area contributed by atoms with Crippen LogP contribution in [0.3, 0.4) is 0 Å². The standard InChI is InChI=1S/C17H25N7O2/c1-17(2,21-14(25)10-24-20-12-19-22-24)11-18-16(26)15(23(3)4)13-8-6-5-7-9-13/h5-9,12,15H,10-11H2,1-4H3,(H,18,26)(H,21,25). The summed E-state index contributed by atoms with van der Waals surface area (Å²) in [6.07, 6.45) is 1.27. The Morgan fingerprint density at radius 3 is 2.50 bits per heavy atom. The second-order valence-corrected chi connectivity index (χ2v) is 6.89. The first-order valence-electron chi connectivity index (χ1n) is 8.29. The molecule has 2 rings (SSSR count). The van der Waals surface area contributed by atoms with Gasteiger partial charge in [0.05, 0.1) is 5.54 Å². The zero-order chi connectivity index (χ0) is 19.2. The van der Waals surface area contributed by atoms with E-state index in [0.29, 0.717) is 6.54 Å². The molecule has 1 unspecified atom stereocenters. The number of hydrogen-bond acceptors (Lipinski definition) is 6. The summed E-state index contributed by atoms with van der Waals surface area (Å²) in [6, 6.07) is 9.16. The largest absolute Gasteiger partial charge is 0.352 e. The molecule has 1 aromatic carbocycles. The van der Waals surface area contributed by atoms with Crippen molar-refractivity contribution in [1.29, 1.82) is 0 Å². The lowest BCUT2D eigenvalue weighted by atomic mass is 10.0. The summed E-state index contributed by atoms with van der Waals surface area (Å²) >= 11 is 0. The van der Waals surface area contributed by atoms with Crippen LogP contribution >= 0.6 is 0 Å². The number of amides is 2. The van der Waals surface area contributed by atoms with Crippen LogP contribution in [-0.2, 0) is 16.1 Å². The SMILES string of the molecule is CN(C)C(C(=O)NCC(C)(C)NC(=O)Cn1ncnn1)c1ccccc1. The van der Waals surface area contributed by atoms with E-state index in [-0.39, 0.29) is 18.4 Å². The van der Waals surface area contributed by atoms with E-state index < -0.39 is 11.6 Å². The number of nitrogens with zero attached hydrogens (tertiary/aromatic N) is 5. The minimum atomic E-state index is -0.624.